The van der Waals surface area contributed by atoms with Crippen LogP contribution in [0.2, 0.25) is 0 Å². The van der Waals surface area contributed by atoms with E-state index in [4.69, 9.17) is 0 Å². The van der Waals surface area contributed by atoms with Gasteiger partial charge in [-0.15, -0.1) is 0 Å². The summed E-state index contributed by atoms with van der Waals surface area (Å²) >= 11 is 3.46. The first-order valence-corrected chi connectivity index (χ1v) is 10.4. The summed E-state index contributed by atoms with van der Waals surface area (Å²) in [6, 6.07) is 23.5. The zero-order valence-electron chi connectivity index (χ0n) is 15.7. The summed E-state index contributed by atoms with van der Waals surface area (Å²) < 4.78 is 14.1. The van der Waals surface area contributed by atoms with Gasteiger partial charge in [-0.1, -0.05) is 58.4 Å². The van der Waals surface area contributed by atoms with Crippen molar-refractivity contribution in [3.05, 3.63) is 100 Å². The molecule has 4 rings (SSSR count). The van der Waals surface area contributed by atoms with E-state index in [-0.39, 0.29) is 23.7 Å². The largest absolute Gasteiger partial charge is 0.388 e. The molecule has 148 valence electrons. The molecule has 0 bridgehead atoms. The third-order valence-electron chi connectivity index (χ3n) is 5.47. The van der Waals surface area contributed by atoms with E-state index in [1.165, 1.54) is 12.1 Å². The molecule has 0 aromatic heterocycles. The molecule has 0 radical (unpaired) electrons. The minimum atomic E-state index is -0.722. The predicted octanol–water partition coefficient (Wildman–Crippen LogP) is 5.81. The van der Waals surface area contributed by atoms with Crippen molar-refractivity contribution in [2.24, 2.45) is 5.92 Å². The van der Waals surface area contributed by atoms with E-state index in [1.54, 1.807) is 12.1 Å². The summed E-state index contributed by atoms with van der Waals surface area (Å²) in [6.45, 7) is 0. The summed E-state index contributed by atoms with van der Waals surface area (Å²) in [5.41, 5.74) is 2.61. The van der Waals surface area contributed by atoms with Gasteiger partial charge in [0, 0.05) is 10.2 Å². The SMILES string of the molecule is O=C1C(CCC(O)c2ccc(F)cc2)[C@@H](c2ccc(Br)cc2)N1c1ccccc1. The van der Waals surface area contributed by atoms with Gasteiger partial charge in [0.25, 0.3) is 0 Å². The van der Waals surface area contributed by atoms with Gasteiger partial charge >= 0.3 is 0 Å². The summed E-state index contributed by atoms with van der Waals surface area (Å²) in [5, 5.41) is 10.5. The van der Waals surface area contributed by atoms with Crippen LogP contribution in [-0.2, 0) is 4.79 Å². The van der Waals surface area contributed by atoms with Gasteiger partial charge in [-0.3, -0.25) is 4.79 Å². The molecule has 0 aliphatic carbocycles. The fourth-order valence-corrected chi connectivity index (χ4v) is 4.20. The molecule has 29 heavy (non-hydrogen) atoms. The van der Waals surface area contributed by atoms with E-state index in [1.807, 2.05) is 59.5 Å². The van der Waals surface area contributed by atoms with Crippen molar-refractivity contribution < 1.29 is 14.3 Å². The second kappa shape index (κ2) is 8.47. The first-order valence-electron chi connectivity index (χ1n) is 9.61. The molecule has 1 aliphatic rings. The Balaban J connectivity index is 1.54. The molecule has 1 heterocycles. The standard InChI is InChI=1S/C24H21BrFNO2/c25-18-10-6-17(7-11-18)23-21(24(29)27(23)20-4-2-1-3-5-20)14-15-22(28)16-8-12-19(26)13-9-16/h1-13,21-23,28H,14-15H2/t21?,22?,23-/m1/s1. The number of rotatable bonds is 6. The van der Waals surface area contributed by atoms with Crippen LogP contribution in [0.1, 0.15) is 36.1 Å². The van der Waals surface area contributed by atoms with Gasteiger partial charge < -0.3 is 10.0 Å². The van der Waals surface area contributed by atoms with Gasteiger partial charge in [0.15, 0.2) is 0 Å². The van der Waals surface area contributed by atoms with Crippen LogP contribution in [0, 0.1) is 11.7 Å². The number of aliphatic hydroxyl groups excluding tert-OH is 1. The molecule has 0 saturated carbocycles. The molecule has 1 amide bonds. The monoisotopic (exact) mass is 453 g/mol. The average Bonchev–Trinajstić information content (AvgIpc) is 2.74. The predicted molar refractivity (Wildman–Crippen MR) is 115 cm³/mol. The molecule has 1 aliphatic heterocycles. The Kier molecular flexibility index (Phi) is 5.79. The molecule has 3 aromatic carbocycles. The van der Waals surface area contributed by atoms with Crippen molar-refractivity contribution in [3.8, 4) is 0 Å². The molecule has 5 heteroatoms. The fourth-order valence-electron chi connectivity index (χ4n) is 3.94. The molecule has 1 N–H and O–H groups in total. The van der Waals surface area contributed by atoms with E-state index in [2.05, 4.69) is 15.9 Å². The number of carbonyl (C=O) groups excluding carboxylic acids is 1. The van der Waals surface area contributed by atoms with Gasteiger partial charge in [-0.05, 0) is 60.4 Å². The van der Waals surface area contributed by atoms with Crippen LogP contribution in [0.5, 0.6) is 0 Å². The van der Waals surface area contributed by atoms with Crippen molar-refractivity contribution in [2.45, 2.75) is 25.0 Å². The van der Waals surface area contributed by atoms with Gasteiger partial charge in [-0.25, -0.2) is 4.39 Å². The van der Waals surface area contributed by atoms with Crippen molar-refractivity contribution in [2.75, 3.05) is 4.90 Å². The van der Waals surface area contributed by atoms with E-state index in [0.717, 1.165) is 15.7 Å². The van der Waals surface area contributed by atoms with Crippen LogP contribution in [0.15, 0.2) is 83.3 Å². The molecule has 3 aromatic rings. The number of nitrogens with zero attached hydrogens (tertiary/aromatic N) is 1. The first kappa shape index (κ1) is 19.8. The molecule has 1 fully saturated rings. The van der Waals surface area contributed by atoms with Crippen LogP contribution in [-0.4, -0.2) is 11.0 Å². The Bertz CT molecular complexity index is 976. The van der Waals surface area contributed by atoms with E-state index in [9.17, 15) is 14.3 Å². The zero-order chi connectivity index (χ0) is 20.4. The van der Waals surface area contributed by atoms with E-state index >= 15 is 0 Å². The van der Waals surface area contributed by atoms with Crippen LogP contribution < -0.4 is 4.90 Å². The molecule has 3 atom stereocenters. The van der Waals surface area contributed by atoms with Crippen molar-refractivity contribution >= 4 is 27.5 Å². The summed E-state index contributed by atoms with van der Waals surface area (Å²) in [7, 11) is 0. The maximum absolute atomic E-state index is 13.1. The quantitative estimate of drug-likeness (QED) is 0.478. The molecular weight excluding hydrogens is 433 g/mol. The highest BCUT2D eigenvalue weighted by molar-refractivity contribution is 9.10. The second-order valence-corrected chi connectivity index (χ2v) is 8.21. The number of aliphatic hydroxyl groups is 1. The number of halogens is 2. The third-order valence-corrected chi connectivity index (χ3v) is 5.99. The van der Waals surface area contributed by atoms with Gasteiger partial charge in [0.1, 0.15) is 5.82 Å². The lowest BCUT2D eigenvalue weighted by Gasteiger charge is -2.48. The zero-order valence-corrected chi connectivity index (χ0v) is 17.3. The lowest BCUT2D eigenvalue weighted by atomic mass is 9.78. The minimum Gasteiger partial charge on any atom is -0.388 e. The number of para-hydroxylation sites is 1. The smallest absolute Gasteiger partial charge is 0.233 e. The van der Waals surface area contributed by atoms with E-state index < -0.39 is 6.10 Å². The summed E-state index contributed by atoms with van der Waals surface area (Å²) in [5.74, 6) is -0.467. The highest BCUT2D eigenvalue weighted by atomic mass is 79.9. The maximum atomic E-state index is 13.1. The van der Waals surface area contributed by atoms with Crippen molar-refractivity contribution in [1.29, 1.82) is 0 Å². The minimum absolute atomic E-state index is 0.0652. The number of benzene rings is 3. The fraction of sp³-hybridized carbons (Fsp3) is 0.208. The highest BCUT2D eigenvalue weighted by Gasteiger charge is 2.48. The third kappa shape index (κ3) is 4.11. The normalized spacial score (nSPS) is 19.7. The highest BCUT2D eigenvalue weighted by Crippen LogP contribution is 2.46. The molecular formula is C24H21BrFNO2. The number of carbonyl (C=O) groups is 1. The summed E-state index contributed by atoms with van der Waals surface area (Å²) in [4.78, 5) is 14.8. The first-order chi connectivity index (χ1) is 14.0. The summed E-state index contributed by atoms with van der Waals surface area (Å²) in [6.07, 6.45) is 0.277. The Morgan fingerprint density at radius 3 is 2.28 bits per heavy atom. The van der Waals surface area contributed by atoms with Crippen molar-refractivity contribution in [3.63, 3.8) is 0 Å². The average molecular weight is 454 g/mol. The molecule has 2 unspecified atom stereocenters. The van der Waals surface area contributed by atoms with Gasteiger partial charge in [0.05, 0.1) is 18.1 Å². The number of amides is 1. The Morgan fingerprint density at radius 2 is 1.62 bits per heavy atom. The van der Waals surface area contributed by atoms with E-state index in [0.29, 0.717) is 18.4 Å². The lowest BCUT2D eigenvalue weighted by molar-refractivity contribution is -0.131. The Labute approximate surface area is 177 Å². The number of hydrogen-bond donors (Lipinski definition) is 1. The van der Waals surface area contributed by atoms with Crippen LogP contribution >= 0.6 is 15.9 Å². The Morgan fingerprint density at radius 1 is 0.966 bits per heavy atom. The second-order valence-electron chi connectivity index (χ2n) is 7.29. The van der Waals surface area contributed by atoms with Crippen molar-refractivity contribution in [1.82, 2.24) is 0 Å². The molecule has 0 spiro atoms. The van der Waals surface area contributed by atoms with Crippen LogP contribution in [0.3, 0.4) is 0 Å². The molecule has 1 saturated heterocycles. The lowest BCUT2D eigenvalue weighted by Crippen LogP contribution is -2.55. The van der Waals surface area contributed by atoms with Gasteiger partial charge in [0.2, 0.25) is 5.91 Å². The topological polar surface area (TPSA) is 40.5 Å². The Hall–Kier alpha value is -2.50. The molecule has 3 nitrogen and oxygen atoms in total. The van der Waals surface area contributed by atoms with Gasteiger partial charge in [-0.2, -0.15) is 0 Å². The number of anilines is 1. The van der Waals surface area contributed by atoms with Crippen LogP contribution in [0.4, 0.5) is 10.1 Å². The number of hydrogen-bond acceptors (Lipinski definition) is 2. The maximum Gasteiger partial charge on any atom is 0.233 e. The van der Waals surface area contributed by atoms with Crippen LogP contribution in [0.25, 0.3) is 0 Å². The number of β-lactam (4-membered cyclic amide) rings is 1.